The second kappa shape index (κ2) is 4.22. The Morgan fingerprint density at radius 2 is 2.33 bits per heavy atom. The third-order valence-corrected chi connectivity index (χ3v) is 2.06. The molecule has 80 valence electrons. The number of nitrogens with zero attached hydrogens (tertiary/aromatic N) is 4. The van der Waals surface area contributed by atoms with Gasteiger partial charge in [-0.05, 0) is 14.0 Å². The van der Waals surface area contributed by atoms with Gasteiger partial charge in [0.05, 0.1) is 0 Å². The van der Waals surface area contributed by atoms with Crippen LogP contribution in [0.1, 0.15) is 5.82 Å². The van der Waals surface area contributed by atoms with Crippen LogP contribution in [-0.4, -0.2) is 39.8 Å². The quantitative estimate of drug-likeness (QED) is 0.717. The third-order valence-electron chi connectivity index (χ3n) is 2.06. The summed E-state index contributed by atoms with van der Waals surface area (Å²) in [5.74, 6) is 1.35. The molecule has 0 unspecified atom stereocenters. The molecule has 0 fully saturated rings. The molecule has 1 N–H and O–H groups in total. The Balaban J connectivity index is 2.26. The molecular weight excluding hydrogens is 194 g/mol. The fraction of sp³-hybridized carbons (Fsp3) is 0.444. The van der Waals surface area contributed by atoms with Crippen molar-refractivity contribution in [1.29, 1.82) is 0 Å². The van der Waals surface area contributed by atoms with Crippen LogP contribution in [0.3, 0.4) is 0 Å². The summed E-state index contributed by atoms with van der Waals surface area (Å²) in [6.45, 7) is 3.22. The third kappa shape index (κ3) is 1.89. The van der Waals surface area contributed by atoms with Crippen molar-refractivity contribution in [3.8, 4) is 5.88 Å². The standard InChI is InChI=1S/C9H13N5O/c1-7-12-13-8-9(15-6-4-10-2)11-3-5-14(7)8/h3,5,10H,4,6H2,1-2H3. The van der Waals surface area contributed by atoms with Crippen LogP contribution in [0, 0.1) is 6.92 Å². The zero-order chi connectivity index (χ0) is 10.7. The number of rotatable bonds is 4. The maximum atomic E-state index is 5.48. The van der Waals surface area contributed by atoms with E-state index in [-0.39, 0.29) is 0 Å². The van der Waals surface area contributed by atoms with Gasteiger partial charge in [0, 0.05) is 18.9 Å². The fourth-order valence-electron chi connectivity index (χ4n) is 1.27. The average molecular weight is 207 g/mol. The Bertz CT molecular complexity index is 453. The molecule has 2 aromatic rings. The van der Waals surface area contributed by atoms with E-state index >= 15 is 0 Å². The highest BCUT2D eigenvalue weighted by atomic mass is 16.5. The monoisotopic (exact) mass is 207 g/mol. The van der Waals surface area contributed by atoms with E-state index in [9.17, 15) is 0 Å². The molecule has 2 heterocycles. The van der Waals surface area contributed by atoms with Crippen LogP contribution < -0.4 is 10.1 Å². The van der Waals surface area contributed by atoms with Gasteiger partial charge in [-0.1, -0.05) is 0 Å². The van der Waals surface area contributed by atoms with Crippen LogP contribution in [0.15, 0.2) is 12.4 Å². The normalized spacial score (nSPS) is 10.8. The van der Waals surface area contributed by atoms with Crippen LogP contribution >= 0.6 is 0 Å². The summed E-state index contributed by atoms with van der Waals surface area (Å²) in [5, 5.41) is 11.0. The van der Waals surface area contributed by atoms with Crippen molar-refractivity contribution in [3.05, 3.63) is 18.2 Å². The predicted molar refractivity (Wildman–Crippen MR) is 54.9 cm³/mol. The van der Waals surface area contributed by atoms with E-state index in [2.05, 4.69) is 20.5 Å². The molecule has 2 rings (SSSR count). The van der Waals surface area contributed by atoms with Crippen molar-refractivity contribution < 1.29 is 4.74 Å². The van der Waals surface area contributed by atoms with E-state index in [4.69, 9.17) is 4.74 Å². The highest BCUT2D eigenvalue weighted by Crippen LogP contribution is 2.13. The van der Waals surface area contributed by atoms with Crippen LogP contribution in [0.4, 0.5) is 0 Å². The smallest absolute Gasteiger partial charge is 0.260 e. The topological polar surface area (TPSA) is 64.3 Å². The number of hydrogen-bond acceptors (Lipinski definition) is 5. The number of fused-ring (bicyclic) bond motifs is 1. The molecule has 0 saturated heterocycles. The van der Waals surface area contributed by atoms with Gasteiger partial charge in [-0.25, -0.2) is 4.98 Å². The van der Waals surface area contributed by atoms with Gasteiger partial charge in [-0.2, -0.15) is 0 Å². The minimum Gasteiger partial charge on any atom is -0.474 e. The summed E-state index contributed by atoms with van der Waals surface area (Å²) in [7, 11) is 1.87. The molecule has 0 saturated carbocycles. The van der Waals surface area contributed by atoms with Crippen LogP contribution in [0.5, 0.6) is 5.88 Å². The average Bonchev–Trinajstić information content (AvgIpc) is 2.62. The van der Waals surface area contributed by atoms with Gasteiger partial charge >= 0.3 is 0 Å². The predicted octanol–water partition coefficient (Wildman–Crippen LogP) is 0.0309. The maximum Gasteiger partial charge on any atom is 0.260 e. The van der Waals surface area contributed by atoms with Crippen LogP contribution in [0.25, 0.3) is 5.65 Å². The molecule has 6 heteroatoms. The zero-order valence-corrected chi connectivity index (χ0v) is 8.77. The number of nitrogens with one attached hydrogen (secondary N) is 1. The van der Waals surface area contributed by atoms with E-state index < -0.39 is 0 Å². The van der Waals surface area contributed by atoms with Crippen molar-refractivity contribution in [2.75, 3.05) is 20.2 Å². The number of aromatic nitrogens is 4. The van der Waals surface area contributed by atoms with E-state index in [1.165, 1.54) is 0 Å². The summed E-state index contributed by atoms with van der Waals surface area (Å²) in [6, 6.07) is 0. The van der Waals surface area contributed by atoms with Gasteiger partial charge in [0.2, 0.25) is 5.65 Å². The molecule has 0 bridgehead atoms. The Hall–Kier alpha value is -1.69. The van der Waals surface area contributed by atoms with Gasteiger partial charge < -0.3 is 10.1 Å². The van der Waals surface area contributed by atoms with Crippen molar-refractivity contribution in [1.82, 2.24) is 24.9 Å². The second-order valence-corrected chi connectivity index (χ2v) is 3.13. The van der Waals surface area contributed by atoms with Crippen LogP contribution in [0.2, 0.25) is 0 Å². The minimum atomic E-state index is 0.522. The molecule has 0 amide bonds. The zero-order valence-electron chi connectivity index (χ0n) is 8.77. The molecule has 0 aliphatic carbocycles. The number of aryl methyl sites for hydroxylation is 1. The molecule has 2 aromatic heterocycles. The molecule has 6 nitrogen and oxygen atoms in total. The summed E-state index contributed by atoms with van der Waals surface area (Å²) >= 11 is 0. The van der Waals surface area contributed by atoms with E-state index in [0.717, 1.165) is 12.4 Å². The van der Waals surface area contributed by atoms with E-state index in [0.29, 0.717) is 18.1 Å². The summed E-state index contributed by atoms with van der Waals surface area (Å²) in [4.78, 5) is 4.12. The molecule has 0 aliphatic heterocycles. The lowest BCUT2D eigenvalue weighted by atomic mass is 10.6. The van der Waals surface area contributed by atoms with Crippen molar-refractivity contribution in [3.63, 3.8) is 0 Å². The molecule has 15 heavy (non-hydrogen) atoms. The SMILES string of the molecule is CNCCOc1nccn2c(C)nnc12. The fourth-order valence-corrected chi connectivity index (χ4v) is 1.27. The molecule has 0 aliphatic rings. The largest absolute Gasteiger partial charge is 0.474 e. The maximum absolute atomic E-state index is 5.48. The van der Waals surface area contributed by atoms with Crippen LogP contribution in [-0.2, 0) is 0 Å². The first-order valence-corrected chi connectivity index (χ1v) is 4.76. The molecule has 0 atom stereocenters. The Labute approximate surface area is 87.3 Å². The van der Waals surface area contributed by atoms with Gasteiger partial charge in [-0.3, -0.25) is 4.40 Å². The molecule has 0 radical (unpaired) electrons. The summed E-state index contributed by atoms with van der Waals surface area (Å²) in [5.41, 5.74) is 0.658. The Kier molecular flexibility index (Phi) is 2.77. The molecule has 0 aromatic carbocycles. The highest BCUT2D eigenvalue weighted by Gasteiger charge is 2.07. The number of ether oxygens (including phenoxy) is 1. The van der Waals surface area contributed by atoms with Crippen molar-refractivity contribution >= 4 is 5.65 Å². The Morgan fingerprint density at radius 1 is 1.47 bits per heavy atom. The van der Waals surface area contributed by atoms with Gasteiger partial charge in [-0.15, -0.1) is 10.2 Å². The lowest BCUT2D eigenvalue weighted by Crippen LogP contribution is -2.16. The lowest BCUT2D eigenvalue weighted by molar-refractivity contribution is 0.308. The Morgan fingerprint density at radius 3 is 3.13 bits per heavy atom. The first-order chi connectivity index (χ1) is 7.33. The number of hydrogen-bond donors (Lipinski definition) is 1. The van der Waals surface area contributed by atoms with E-state index in [1.54, 1.807) is 6.20 Å². The van der Waals surface area contributed by atoms with E-state index in [1.807, 2.05) is 24.6 Å². The van der Waals surface area contributed by atoms with Gasteiger partial charge in [0.1, 0.15) is 12.4 Å². The lowest BCUT2D eigenvalue weighted by Gasteiger charge is -2.04. The molecular formula is C9H13N5O. The first kappa shape index (κ1) is 9.85. The molecule has 0 spiro atoms. The van der Waals surface area contributed by atoms with Crippen molar-refractivity contribution in [2.24, 2.45) is 0 Å². The first-order valence-electron chi connectivity index (χ1n) is 4.76. The number of likely N-dealkylation sites (N-methyl/N-ethyl adjacent to an activating group) is 1. The highest BCUT2D eigenvalue weighted by molar-refractivity contribution is 5.48. The summed E-state index contributed by atoms with van der Waals surface area (Å²) in [6.07, 6.45) is 3.49. The summed E-state index contributed by atoms with van der Waals surface area (Å²) < 4.78 is 7.32. The van der Waals surface area contributed by atoms with Gasteiger partial charge in [0.15, 0.2) is 0 Å². The van der Waals surface area contributed by atoms with Crippen molar-refractivity contribution in [2.45, 2.75) is 6.92 Å². The minimum absolute atomic E-state index is 0.522. The second-order valence-electron chi connectivity index (χ2n) is 3.13. The van der Waals surface area contributed by atoms with Gasteiger partial charge in [0.25, 0.3) is 5.88 Å².